The van der Waals surface area contributed by atoms with Gasteiger partial charge in [-0.2, -0.15) is 5.26 Å². The largest absolute Gasteiger partial charge is 0.390 e. The molecule has 1 aromatic carbocycles. The summed E-state index contributed by atoms with van der Waals surface area (Å²) in [4.78, 5) is 14.3. The van der Waals surface area contributed by atoms with E-state index in [1.54, 1.807) is 0 Å². The number of carbonyl (C=O) groups excluding carboxylic acids is 1. The first-order chi connectivity index (χ1) is 12.3. The van der Waals surface area contributed by atoms with Crippen LogP contribution in [0.15, 0.2) is 40.9 Å². The number of benzene rings is 1. The molecule has 0 heterocycles. The van der Waals surface area contributed by atoms with Gasteiger partial charge < -0.3 is 15.5 Å². The highest BCUT2D eigenvalue weighted by Crippen LogP contribution is 2.13. The summed E-state index contributed by atoms with van der Waals surface area (Å²) >= 11 is 0. The van der Waals surface area contributed by atoms with Crippen molar-refractivity contribution < 1.29 is 13.2 Å². The summed E-state index contributed by atoms with van der Waals surface area (Å²) < 4.78 is 22.4. The number of amides is 1. The monoisotopic (exact) mass is 379 g/mol. The van der Waals surface area contributed by atoms with Crippen LogP contribution in [0.1, 0.15) is 20.3 Å². The summed E-state index contributed by atoms with van der Waals surface area (Å²) in [6.07, 6.45) is 2.28. The smallest absolute Gasteiger partial charge is 0.267 e. The number of sulfonamides is 1. The fraction of sp³-hybridized carbons (Fsp3) is 0.412. The lowest BCUT2D eigenvalue weighted by Crippen LogP contribution is -2.26. The van der Waals surface area contributed by atoms with Crippen LogP contribution in [0.4, 0.5) is 5.69 Å². The second-order valence-corrected chi connectivity index (χ2v) is 7.09. The van der Waals surface area contributed by atoms with Crippen LogP contribution in [0.25, 0.3) is 0 Å². The highest BCUT2D eigenvalue weighted by Gasteiger charge is 2.11. The van der Waals surface area contributed by atoms with Crippen LogP contribution in [0.5, 0.6) is 0 Å². The summed E-state index contributed by atoms with van der Waals surface area (Å²) in [6, 6.07) is 7.22. The van der Waals surface area contributed by atoms with Crippen molar-refractivity contribution in [3.05, 3.63) is 36.0 Å². The van der Waals surface area contributed by atoms with Gasteiger partial charge in [-0.3, -0.25) is 4.79 Å². The van der Waals surface area contributed by atoms with E-state index >= 15 is 0 Å². The molecule has 0 aromatic heterocycles. The van der Waals surface area contributed by atoms with Crippen molar-refractivity contribution in [2.75, 3.05) is 31.5 Å². The number of primary sulfonamides is 1. The lowest BCUT2D eigenvalue weighted by Gasteiger charge is -2.17. The van der Waals surface area contributed by atoms with Gasteiger partial charge in [-0.05, 0) is 50.3 Å². The number of nitrogens with zero attached hydrogens (tertiary/aromatic N) is 2. The van der Waals surface area contributed by atoms with Crippen molar-refractivity contribution in [1.29, 1.82) is 5.26 Å². The number of anilines is 1. The molecule has 0 radical (unpaired) electrons. The van der Waals surface area contributed by atoms with E-state index in [0.717, 1.165) is 26.1 Å². The Labute approximate surface area is 154 Å². The van der Waals surface area contributed by atoms with Crippen LogP contribution in [-0.2, 0) is 14.8 Å². The Morgan fingerprint density at radius 1 is 1.27 bits per heavy atom. The van der Waals surface area contributed by atoms with Crippen LogP contribution in [0.3, 0.4) is 0 Å². The first-order valence-corrected chi connectivity index (χ1v) is 9.86. The number of carbonyl (C=O) groups is 1. The quantitative estimate of drug-likeness (QED) is 0.316. The van der Waals surface area contributed by atoms with Crippen molar-refractivity contribution in [3.8, 4) is 6.07 Å². The molecule has 0 saturated heterocycles. The third-order valence-electron chi connectivity index (χ3n) is 3.74. The molecule has 0 aliphatic carbocycles. The van der Waals surface area contributed by atoms with Gasteiger partial charge in [0.15, 0.2) is 0 Å². The molecule has 0 spiro atoms. The maximum atomic E-state index is 12.1. The summed E-state index contributed by atoms with van der Waals surface area (Å²) in [7, 11) is -3.79. The van der Waals surface area contributed by atoms with E-state index in [4.69, 9.17) is 10.4 Å². The van der Waals surface area contributed by atoms with Gasteiger partial charge in [-0.1, -0.05) is 13.8 Å². The highest BCUT2D eigenvalue weighted by atomic mass is 32.2. The lowest BCUT2D eigenvalue weighted by molar-refractivity contribution is -0.112. The average Bonchev–Trinajstić information content (AvgIpc) is 2.61. The Hall–Kier alpha value is -2.41. The molecule has 142 valence electrons. The Balaban J connectivity index is 2.56. The summed E-state index contributed by atoms with van der Waals surface area (Å²) in [5.74, 6) is -0.577. The van der Waals surface area contributed by atoms with Crippen LogP contribution in [0, 0.1) is 11.3 Å². The zero-order chi connectivity index (χ0) is 19.6. The van der Waals surface area contributed by atoms with E-state index in [1.807, 2.05) is 6.07 Å². The van der Waals surface area contributed by atoms with E-state index in [-0.39, 0.29) is 10.5 Å². The van der Waals surface area contributed by atoms with Crippen molar-refractivity contribution in [1.82, 2.24) is 10.2 Å². The van der Waals surface area contributed by atoms with Crippen LogP contribution in [-0.4, -0.2) is 45.4 Å². The molecule has 0 atom stereocenters. The number of hydrogen-bond donors (Lipinski definition) is 3. The molecular formula is C17H25N5O3S. The van der Waals surface area contributed by atoms with E-state index in [0.29, 0.717) is 12.2 Å². The molecule has 0 unspecified atom stereocenters. The first-order valence-electron chi connectivity index (χ1n) is 8.32. The van der Waals surface area contributed by atoms with Gasteiger partial charge in [0.25, 0.3) is 5.91 Å². The van der Waals surface area contributed by atoms with Crippen molar-refractivity contribution in [2.45, 2.75) is 25.2 Å². The fourth-order valence-electron chi connectivity index (χ4n) is 2.19. The van der Waals surface area contributed by atoms with Crippen molar-refractivity contribution in [3.63, 3.8) is 0 Å². The molecule has 0 saturated carbocycles. The topological polar surface area (TPSA) is 128 Å². The summed E-state index contributed by atoms with van der Waals surface area (Å²) in [5.41, 5.74) is 0.299. The molecule has 1 rings (SSSR count). The van der Waals surface area contributed by atoms with Gasteiger partial charge >= 0.3 is 0 Å². The Bertz CT molecular complexity index is 763. The average molecular weight is 379 g/mol. The number of nitrogens with two attached hydrogens (primary N) is 1. The summed E-state index contributed by atoms with van der Waals surface area (Å²) in [5, 5.41) is 19.6. The van der Waals surface area contributed by atoms with E-state index in [9.17, 15) is 13.2 Å². The molecule has 0 fully saturated rings. The minimum atomic E-state index is -3.79. The van der Waals surface area contributed by atoms with Gasteiger partial charge in [0, 0.05) is 18.4 Å². The summed E-state index contributed by atoms with van der Waals surface area (Å²) in [6.45, 7) is 7.77. The number of nitriles is 1. The van der Waals surface area contributed by atoms with Gasteiger partial charge in [0.05, 0.1) is 4.90 Å². The Morgan fingerprint density at radius 3 is 2.38 bits per heavy atom. The first kappa shape index (κ1) is 21.6. The minimum Gasteiger partial charge on any atom is -0.390 e. The number of nitrogens with one attached hydrogen (secondary N) is 2. The van der Waals surface area contributed by atoms with Crippen LogP contribution >= 0.6 is 0 Å². The lowest BCUT2D eigenvalue weighted by atomic mass is 10.2. The number of hydrogen-bond acceptors (Lipinski definition) is 6. The molecule has 1 aromatic rings. The van der Waals surface area contributed by atoms with E-state index in [1.165, 1.54) is 30.5 Å². The fourth-order valence-corrected chi connectivity index (χ4v) is 2.71. The SMILES string of the molecule is CCN(CC)CCCN/C=C(/C#N)C(=O)Nc1ccc(S(N)(=O)=O)cc1. The molecule has 0 aliphatic rings. The zero-order valence-corrected chi connectivity index (χ0v) is 15.8. The molecular weight excluding hydrogens is 354 g/mol. The third kappa shape index (κ3) is 7.23. The molecule has 0 bridgehead atoms. The zero-order valence-electron chi connectivity index (χ0n) is 15.0. The minimum absolute atomic E-state index is 0.0542. The standard InChI is InChI=1S/C17H25N5O3S/c1-3-22(4-2)11-5-10-20-13-14(12-18)17(23)21-15-6-8-16(9-7-15)26(19,24)25/h6-9,13,20H,3-5,10-11H2,1-2H3,(H,21,23)(H2,19,24,25)/b14-13-. The van der Waals surface area contributed by atoms with E-state index < -0.39 is 15.9 Å². The molecule has 4 N–H and O–H groups in total. The van der Waals surface area contributed by atoms with Gasteiger partial charge in [0.2, 0.25) is 10.0 Å². The molecule has 0 aliphatic heterocycles. The molecule has 8 nitrogen and oxygen atoms in total. The Morgan fingerprint density at radius 2 is 1.88 bits per heavy atom. The highest BCUT2D eigenvalue weighted by molar-refractivity contribution is 7.89. The number of rotatable bonds is 10. The van der Waals surface area contributed by atoms with Gasteiger partial charge in [0.1, 0.15) is 11.6 Å². The second kappa shape index (κ2) is 10.6. The van der Waals surface area contributed by atoms with Gasteiger partial charge in [-0.15, -0.1) is 0 Å². The normalized spacial score (nSPS) is 11.9. The second-order valence-electron chi connectivity index (χ2n) is 5.53. The molecule has 26 heavy (non-hydrogen) atoms. The van der Waals surface area contributed by atoms with E-state index in [2.05, 4.69) is 29.4 Å². The molecule has 1 amide bonds. The van der Waals surface area contributed by atoms with Crippen LogP contribution in [0.2, 0.25) is 0 Å². The third-order valence-corrected chi connectivity index (χ3v) is 4.67. The Kier molecular flexibility index (Phi) is 8.78. The maximum absolute atomic E-state index is 12.1. The van der Waals surface area contributed by atoms with Crippen molar-refractivity contribution >= 4 is 21.6 Å². The van der Waals surface area contributed by atoms with Crippen LogP contribution < -0.4 is 15.8 Å². The predicted octanol–water partition coefficient (Wildman–Crippen LogP) is 1.00. The maximum Gasteiger partial charge on any atom is 0.267 e. The predicted molar refractivity (Wildman–Crippen MR) is 101 cm³/mol. The van der Waals surface area contributed by atoms with Gasteiger partial charge in [-0.25, -0.2) is 13.6 Å². The molecule has 9 heteroatoms. The van der Waals surface area contributed by atoms with Crippen molar-refractivity contribution in [2.24, 2.45) is 5.14 Å².